The molecule has 3 heterocycles. The molecule has 1 aliphatic heterocycles. The number of fused-ring (bicyclic) bond motifs is 1. The van der Waals surface area contributed by atoms with E-state index in [4.69, 9.17) is 9.47 Å². The fraction of sp³-hybridized carbons (Fsp3) is 0.263. The molecule has 0 saturated carbocycles. The van der Waals surface area contributed by atoms with Gasteiger partial charge in [-0.3, -0.25) is 0 Å². The average Bonchev–Trinajstić information content (AvgIpc) is 3.01. The molecule has 0 saturated heterocycles. The largest absolute Gasteiger partial charge is 0.494 e. The number of ether oxygens (including phenoxy) is 2. The standard InChI is InChI=1S/C19H17F2N3O2/c1-11-7-16-14(10-26-11)19(12-5-6-22-18(21)8-12)23-24(16)13-3-4-15(20)17(9-13)25-2/h3-6,8-9,11H,7,10H2,1-2H3. The minimum atomic E-state index is -0.570. The number of hydrogen-bond acceptors (Lipinski definition) is 4. The zero-order valence-corrected chi connectivity index (χ0v) is 14.4. The van der Waals surface area contributed by atoms with E-state index in [1.54, 1.807) is 22.9 Å². The number of halogens is 2. The number of methoxy groups -OCH3 is 1. The van der Waals surface area contributed by atoms with Crippen LogP contribution in [0.25, 0.3) is 16.9 Å². The van der Waals surface area contributed by atoms with Gasteiger partial charge in [-0.25, -0.2) is 14.1 Å². The zero-order valence-electron chi connectivity index (χ0n) is 14.4. The van der Waals surface area contributed by atoms with Crippen molar-refractivity contribution in [2.45, 2.75) is 26.1 Å². The van der Waals surface area contributed by atoms with Crippen molar-refractivity contribution in [2.75, 3.05) is 7.11 Å². The summed E-state index contributed by atoms with van der Waals surface area (Å²) in [6.07, 6.45) is 2.08. The average molecular weight is 357 g/mol. The van der Waals surface area contributed by atoms with Crippen LogP contribution in [0.2, 0.25) is 0 Å². The Morgan fingerprint density at radius 3 is 2.85 bits per heavy atom. The molecule has 0 fully saturated rings. The normalized spacial score (nSPS) is 16.4. The maximum atomic E-state index is 13.8. The molecular weight excluding hydrogens is 340 g/mol. The first-order chi connectivity index (χ1) is 12.6. The molecule has 0 radical (unpaired) electrons. The lowest BCUT2D eigenvalue weighted by molar-refractivity contribution is 0.0401. The molecule has 134 valence electrons. The highest BCUT2D eigenvalue weighted by Crippen LogP contribution is 2.33. The maximum Gasteiger partial charge on any atom is 0.213 e. The third kappa shape index (κ3) is 2.84. The summed E-state index contributed by atoms with van der Waals surface area (Å²) in [7, 11) is 1.42. The van der Waals surface area contributed by atoms with Crippen molar-refractivity contribution in [3.05, 3.63) is 59.6 Å². The van der Waals surface area contributed by atoms with Crippen LogP contribution in [0, 0.1) is 11.8 Å². The van der Waals surface area contributed by atoms with Crippen molar-refractivity contribution in [1.82, 2.24) is 14.8 Å². The maximum absolute atomic E-state index is 13.8. The monoisotopic (exact) mass is 357 g/mol. The Labute approximate surface area is 149 Å². The smallest absolute Gasteiger partial charge is 0.213 e. The molecule has 2 aromatic heterocycles. The topological polar surface area (TPSA) is 49.2 Å². The second kappa shape index (κ2) is 6.49. The highest BCUT2D eigenvalue weighted by Gasteiger charge is 2.26. The molecule has 3 aromatic rings. The summed E-state index contributed by atoms with van der Waals surface area (Å²) in [5, 5.41) is 4.68. The predicted molar refractivity (Wildman–Crippen MR) is 91.2 cm³/mol. The van der Waals surface area contributed by atoms with E-state index < -0.39 is 11.8 Å². The van der Waals surface area contributed by atoms with Gasteiger partial charge in [0.1, 0.15) is 0 Å². The molecule has 7 heteroatoms. The fourth-order valence-electron chi connectivity index (χ4n) is 3.18. The molecular formula is C19H17F2N3O2. The molecule has 0 bridgehead atoms. The van der Waals surface area contributed by atoms with Crippen LogP contribution < -0.4 is 4.74 Å². The summed E-state index contributed by atoms with van der Waals surface area (Å²) in [5.41, 5.74) is 3.80. The van der Waals surface area contributed by atoms with E-state index in [9.17, 15) is 8.78 Å². The summed E-state index contributed by atoms with van der Waals surface area (Å²) in [5.74, 6) is -0.867. The molecule has 0 amide bonds. The van der Waals surface area contributed by atoms with Gasteiger partial charge in [0, 0.05) is 35.9 Å². The second-order valence-electron chi connectivity index (χ2n) is 6.20. The molecule has 1 unspecified atom stereocenters. The van der Waals surface area contributed by atoms with E-state index in [2.05, 4.69) is 10.1 Å². The van der Waals surface area contributed by atoms with Gasteiger partial charge in [0.15, 0.2) is 11.6 Å². The molecule has 0 spiro atoms. The first-order valence-corrected chi connectivity index (χ1v) is 8.25. The first kappa shape index (κ1) is 16.7. The van der Waals surface area contributed by atoms with Crippen molar-refractivity contribution in [2.24, 2.45) is 0 Å². The van der Waals surface area contributed by atoms with Gasteiger partial charge in [-0.05, 0) is 25.1 Å². The number of pyridine rings is 1. The number of rotatable bonds is 3. The molecule has 0 N–H and O–H groups in total. The van der Waals surface area contributed by atoms with E-state index in [1.165, 1.54) is 25.4 Å². The van der Waals surface area contributed by atoms with Gasteiger partial charge < -0.3 is 9.47 Å². The summed E-state index contributed by atoms with van der Waals surface area (Å²) in [6.45, 7) is 2.37. The lowest BCUT2D eigenvalue weighted by Gasteiger charge is -2.21. The molecule has 1 aliphatic rings. The molecule has 1 aromatic carbocycles. The van der Waals surface area contributed by atoms with Crippen LogP contribution in [-0.2, 0) is 17.8 Å². The van der Waals surface area contributed by atoms with Crippen molar-refractivity contribution in [1.29, 1.82) is 0 Å². The Hall–Kier alpha value is -2.80. The predicted octanol–water partition coefficient (Wildman–Crippen LogP) is 3.68. The summed E-state index contributed by atoms with van der Waals surface area (Å²) >= 11 is 0. The van der Waals surface area contributed by atoms with Crippen molar-refractivity contribution in [3.63, 3.8) is 0 Å². The Bertz CT molecular complexity index is 971. The van der Waals surface area contributed by atoms with Gasteiger partial charge in [0.25, 0.3) is 0 Å². The van der Waals surface area contributed by atoms with Crippen LogP contribution in [0.4, 0.5) is 8.78 Å². The summed E-state index contributed by atoms with van der Waals surface area (Å²) in [4.78, 5) is 3.60. The van der Waals surface area contributed by atoms with Gasteiger partial charge in [0.05, 0.1) is 36.9 Å². The third-order valence-corrected chi connectivity index (χ3v) is 4.46. The van der Waals surface area contributed by atoms with Crippen molar-refractivity contribution < 1.29 is 18.3 Å². The minimum absolute atomic E-state index is 0.0299. The van der Waals surface area contributed by atoms with Crippen LogP contribution in [0.3, 0.4) is 0 Å². The van der Waals surface area contributed by atoms with Crippen LogP contribution in [-0.4, -0.2) is 28.0 Å². The Morgan fingerprint density at radius 1 is 1.23 bits per heavy atom. The van der Waals surface area contributed by atoms with Crippen molar-refractivity contribution >= 4 is 0 Å². The highest BCUT2D eigenvalue weighted by molar-refractivity contribution is 5.65. The fourth-order valence-corrected chi connectivity index (χ4v) is 3.18. The van der Waals surface area contributed by atoms with Crippen LogP contribution in [0.5, 0.6) is 5.75 Å². The van der Waals surface area contributed by atoms with Crippen LogP contribution >= 0.6 is 0 Å². The molecule has 4 rings (SSSR count). The number of hydrogen-bond donors (Lipinski definition) is 0. The molecule has 5 nitrogen and oxygen atoms in total. The quantitative estimate of drug-likeness (QED) is 0.671. The van der Waals surface area contributed by atoms with E-state index in [-0.39, 0.29) is 11.9 Å². The second-order valence-corrected chi connectivity index (χ2v) is 6.20. The molecule has 1 atom stereocenters. The van der Waals surface area contributed by atoms with E-state index >= 15 is 0 Å². The van der Waals surface area contributed by atoms with Gasteiger partial charge >= 0.3 is 0 Å². The number of benzene rings is 1. The molecule has 0 aliphatic carbocycles. The van der Waals surface area contributed by atoms with Crippen molar-refractivity contribution in [3.8, 4) is 22.7 Å². The first-order valence-electron chi connectivity index (χ1n) is 8.25. The Morgan fingerprint density at radius 2 is 2.08 bits per heavy atom. The summed E-state index contributed by atoms with van der Waals surface area (Å²) in [6, 6.07) is 7.63. The Kier molecular flexibility index (Phi) is 4.16. The zero-order chi connectivity index (χ0) is 18.3. The van der Waals surface area contributed by atoms with E-state index in [0.717, 1.165) is 11.3 Å². The summed E-state index contributed by atoms with van der Waals surface area (Å²) < 4.78 is 40.0. The lowest BCUT2D eigenvalue weighted by Crippen LogP contribution is -2.21. The van der Waals surface area contributed by atoms with Gasteiger partial charge in [-0.15, -0.1) is 0 Å². The van der Waals surface area contributed by atoms with Gasteiger partial charge in [-0.2, -0.15) is 9.49 Å². The third-order valence-electron chi connectivity index (χ3n) is 4.46. The van der Waals surface area contributed by atoms with Crippen LogP contribution in [0.15, 0.2) is 36.5 Å². The highest BCUT2D eigenvalue weighted by atomic mass is 19.1. The number of nitrogens with zero attached hydrogens (tertiary/aromatic N) is 3. The van der Waals surface area contributed by atoms with E-state index in [1.807, 2.05) is 6.92 Å². The Balaban J connectivity index is 1.90. The minimum Gasteiger partial charge on any atom is -0.494 e. The van der Waals surface area contributed by atoms with Gasteiger partial charge in [0.2, 0.25) is 5.95 Å². The van der Waals surface area contributed by atoms with Crippen LogP contribution in [0.1, 0.15) is 18.2 Å². The SMILES string of the molecule is COc1cc(-n2nc(-c3ccnc(F)c3)c3c2CC(C)OC3)ccc1F. The number of aromatic nitrogens is 3. The lowest BCUT2D eigenvalue weighted by atomic mass is 10.0. The van der Waals surface area contributed by atoms with E-state index in [0.29, 0.717) is 30.0 Å². The molecule has 26 heavy (non-hydrogen) atoms. The van der Waals surface area contributed by atoms with Gasteiger partial charge in [-0.1, -0.05) is 0 Å².